The third kappa shape index (κ3) is 3.56. The van der Waals surface area contributed by atoms with Gasteiger partial charge in [0.2, 0.25) is 0 Å². The topological polar surface area (TPSA) is 38.7 Å². The van der Waals surface area contributed by atoms with Crippen LogP contribution in [0.1, 0.15) is 12.7 Å². The van der Waals surface area contributed by atoms with Crippen molar-refractivity contribution in [3.05, 3.63) is 40.4 Å². The van der Waals surface area contributed by atoms with E-state index in [1.165, 1.54) is 11.8 Å². The molecule has 0 aliphatic rings. The van der Waals surface area contributed by atoms with E-state index in [0.717, 1.165) is 22.3 Å². The Kier molecular flexibility index (Phi) is 4.20. The molecule has 2 aromatic heterocycles. The lowest BCUT2D eigenvalue weighted by Gasteiger charge is -2.03. The Morgan fingerprint density at radius 3 is 2.65 bits per heavy atom. The number of aromatic nitrogens is 3. The number of nitrogens with zero attached hydrogens (tertiary/aromatic N) is 3. The van der Waals surface area contributed by atoms with Crippen LogP contribution in [0.4, 0.5) is 0 Å². The highest BCUT2D eigenvalue weighted by Crippen LogP contribution is 2.26. The summed E-state index contributed by atoms with van der Waals surface area (Å²) in [5, 5.41) is 2.68. The molecule has 0 unspecified atom stereocenters. The van der Waals surface area contributed by atoms with Crippen molar-refractivity contribution >= 4 is 35.0 Å². The van der Waals surface area contributed by atoms with Crippen LogP contribution in [0.5, 0.6) is 0 Å². The van der Waals surface area contributed by atoms with Gasteiger partial charge in [-0.15, -0.1) is 0 Å². The molecule has 0 saturated heterocycles. The van der Waals surface area contributed by atoms with Crippen molar-refractivity contribution in [1.82, 2.24) is 15.0 Å². The molecule has 88 valence electrons. The van der Waals surface area contributed by atoms with Crippen LogP contribution in [0.25, 0.3) is 0 Å². The van der Waals surface area contributed by atoms with E-state index in [2.05, 4.69) is 15.0 Å². The molecule has 0 aliphatic carbocycles. The molecule has 0 radical (unpaired) electrons. The average molecular weight is 286 g/mol. The normalized spacial score (nSPS) is 10.5. The summed E-state index contributed by atoms with van der Waals surface area (Å²) in [5.74, 6) is 0.731. The van der Waals surface area contributed by atoms with E-state index in [1.807, 2.05) is 13.0 Å². The summed E-state index contributed by atoms with van der Waals surface area (Å²) in [5.41, 5.74) is 0. The maximum Gasteiger partial charge on any atom is 0.133 e. The summed E-state index contributed by atoms with van der Waals surface area (Å²) >= 11 is 13.1. The lowest BCUT2D eigenvalue weighted by atomic mass is 10.4. The third-order valence-electron chi connectivity index (χ3n) is 1.94. The van der Waals surface area contributed by atoms with Gasteiger partial charge >= 0.3 is 0 Å². The van der Waals surface area contributed by atoms with Gasteiger partial charge < -0.3 is 0 Å². The highest BCUT2D eigenvalue weighted by Gasteiger charge is 2.05. The number of hydrogen-bond donors (Lipinski definition) is 0. The molecule has 0 aromatic carbocycles. The molecule has 0 saturated carbocycles. The number of aryl methyl sites for hydroxylation is 1. The fourth-order valence-electron chi connectivity index (χ4n) is 1.18. The quantitative estimate of drug-likeness (QED) is 0.802. The zero-order valence-corrected chi connectivity index (χ0v) is 11.4. The molecule has 0 amide bonds. The van der Waals surface area contributed by atoms with Crippen molar-refractivity contribution in [2.75, 3.05) is 0 Å². The van der Waals surface area contributed by atoms with Crippen molar-refractivity contribution in [3.63, 3.8) is 0 Å². The van der Waals surface area contributed by atoms with Crippen LogP contribution in [0.15, 0.2) is 34.4 Å². The number of rotatable bonds is 3. The van der Waals surface area contributed by atoms with Gasteiger partial charge in [0.15, 0.2) is 0 Å². The zero-order valence-electron chi connectivity index (χ0n) is 9.02. The average Bonchev–Trinajstić information content (AvgIpc) is 2.31. The molecule has 2 aromatic rings. The van der Waals surface area contributed by atoms with Gasteiger partial charge in [0.1, 0.15) is 21.0 Å². The van der Waals surface area contributed by atoms with E-state index in [1.54, 1.807) is 18.3 Å². The molecule has 2 heterocycles. The maximum absolute atomic E-state index is 5.91. The number of pyridine rings is 1. The second kappa shape index (κ2) is 5.67. The SMILES string of the molecule is CCc1nc(Cl)cc(Sc2ccc(Cl)cn2)n1. The third-order valence-corrected chi connectivity index (χ3v) is 3.23. The van der Waals surface area contributed by atoms with E-state index >= 15 is 0 Å². The summed E-state index contributed by atoms with van der Waals surface area (Å²) in [6.45, 7) is 1.99. The van der Waals surface area contributed by atoms with Crippen LogP contribution < -0.4 is 0 Å². The van der Waals surface area contributed by atoms with Crippen molar-refractivity contribution in [3.8, 4) is 0 Å². The van der Waals surface area contributed by atoms with Crippen molar-refractivity contribution < 1.29 is 0 Å². The molecule has 6 heteroatoms. The molecule has 0 atom stereocenters. The van der Waals surface area contributed by atoms with E-state index < -0.39 is 0 Å². The van der Waals surface area contributed by atoms with Gasteiger partial charge in [-0.05, 0) is 23.9 Å². The molecule has 17 heavy (non-hydrogen) atoms. The molecule has 0 spiro atoms. The number of hydrogen-bond acceptors (Lipinski definition) is 4. The lowest BCUT2D eigenvalue weighted by Crippen LogP contribution is -1.94. The van der Waals surface area contributed by atoms with Crippen molar-refractivity contribution in [2.24, 2.45) is 0 Å². The highest BCUT2D eigenvalue weighted by atomic mass is 35.5. The smallest absolute Gasteiger partial charge is 0.133 e. The van der Waals surface area contributed by atoms with Gasteiger partial charge in [-0.1, -0.05) is 30.1 Å². The molecular formula is C11H9Cl2N3S. The van der Waals surface area contributed by atoms with E-state index in [4.69, 9.17) is 23.2 Å². The van der Waals surface area contributed by atoms with Gasteiger partial charge in [-0.3, -0.25) is 0 Å². The molecule has 2 rings (SSSR count). The summed E-state index contributed by atoms with van der Waals surface area (Å²) < 4.78 is 0. The highest BCUT2D eigenvalue weighted by molar-refractivity contribution is 7.99. The molecule has 0 N–H and O–H groups in total. The van der Waals surface area contributed by atoms with Crippen LogP contribution in [-0.4, -0.2) is 15.0 Å². The van der Waals surface area contributed by atoms with Crippen LogP contribution in [0, 0.1) is 0 Å². The minimum Gasteiger partial charge on any atom is -0.248 e. The minimum atomic E-state index is 0.452. The van der Waals surface area contributed by atoms with Crippen molar-refractivity contribution in [2.45, 2.75) is 23.4 Å². The fraction of sp³-hybridized carbons (Fsp3) is 0.182. The number of halogens is 2. The monoisotopic (exact) mass is 285 g/mol. The van der Waals surface area contributed by atoms with Gasteiger partial charge in [-0.2, -0.15) is 0 Å². The summed E-state index contributed by atoms with van der Waals surface area (Å²) in [4.78, 5) is 12.7. The van der Waals surface area contributed by atoms with Gasteiger partial charge in [-0.25, -0.2) is 15.0 Å². The van der Waals surface area contributed by atoms with Gasteiger partial charge in [0.25, 0.3) is 0 Å². The summed E-state index contributed by atoms with van der Waals surface area (Å²) in [6, 6.07) is 5.36. The summed E-state index contributed by atoms with van der Waals surface area (Å²) in [6.07, 6.45) is 2.36. The molecule has 0 bridgehead atoms. The van der Waals surface area contributed by atoms with E-state index in [9.17, 15) is 0 Å². The van der Waals surface area contributed by atoms with Crippen LogP contribution in [0.2, 0.25) is 10.2 Å². The first-order valence-electron chi connectivity index (χ1n) is 5.00. The Bertz CT molecular complexity index is 517. The Labute approximate surface area is 114 Å². The largest absolute Gasteiger partial charge is 0.248 e. The lowest BCUT2D eigenvalue weighted by molar-refractivity contribution is 0.887. The summed E-state index contributed by atoms with van der Waals surface area (Å²) in [7, 11) is 0. The Hall–Kier alpha value is -0.840. The van der Waals surface area contributed by atoms with Crippen molar-refractivity contribution in [1.29, 1.82) is 0 Å². The van der Waals surface area contributed by atoms with Crippen LogP contribution in [-0.2, 0) is 6.42 Å². The molecule has 3 nitrogen and oxygen atoms in total. The predicted molar refractivity (Wildman–Crippen MR) is 69.8 cm³/mol. The maximum atomic E-state index is 5.91. The van der Waals surface area contributed by atoms with Crippen LogP contribution in [0.3, 0.4) is 0 Å². The first-order chi connectivity index (χ1) is 8.17. The first kappa shape index (κ1) is 12.6. The van der Waals surface area contributed by atoms with E-state index in [0.29, 0.717) is 10.2 Å². The van der Waals surface area contributed by atoms with Gasteiger partial charge in [0, 0.05) is 18.7 Å². The molecular weight excluding hydrogens is 277 g/mol. The van der Waals surface area contributed by atoms with E-state index in [-0.39, 0.29) is 0 Å². The first-order valence-corrected chi connectivity index (χ1v) is 6.57. The zero-order chi connectivity index (χ0) is 12.3. The predicted octanol–water partition coefficient (Wildman–Crippen LogP) is 3.89. The Morgan fingerprint density at radius 1 is 1.18 bits per heavy atom. The Balaban J connectivity index is 2.23. The standard InChI is InChI=1S/C11H9Cl2N3S/c1-2-9-15-8(13)5-11(16-9)17-10-4-3-7(12)6-14-10/h3-6H,2H2,1H3. The second-order valence-electron chi connectivity index (χ2n) is 3.22. The molecule has 0 fully saturated rings. The molecule has 0 aliphatic heterocycles. The minimum absolute atomic E-state index is 0.452. The van der Waals surface area contributed by atoms with Crippen LogP contribution >= 0.6 is 35.0 Å². The van der Waals surface area contributed by atoms with Gasteiger partial charge in [0.05, 0.1) is 5.02 Å². The Morgan fingerprint density at radius 2 is 2.00 bits per heavy atom. The second-order valence-corrected chi connectivity index (χ2v) is 5.08. The fourth-order valence-corrected chi connectivity index (χ4v) is 2.34.